The zero-order chi connectivity index (χ0) is 18.7. The number of pyridine rings is 1. The van der Waals surface area contributed by atoms with E-state index >= 15 is 0 Å². The van der Waals surface area contributed by atoms with Crippen LogP contribution in [0.1, 0.15) is 20.8 Å². The smallest absolute Gasteiger partial charge is 0.225 e. The van der Waals surface area contributed by atoms with E-state index in [1.54, 1.807) is 30.6 Å². The molecule has 0 saturated carbocycles. The molecule has 0 aliphatic rings. The summed E-state index contributed by atoms with van der Waals surface area (Å²) in [6.45, 7) is 6.02. The maximum atomic E-state index is 14.1. The predicted octanol–water partition coefficient (Wildman–Crippen LogP) is 5.29. The number of nitrogens with zero attached hydrogens (tertiary/aromatic N) is 3. The van der Waals surface area contributed by atoms with Gasteiger partial charge in [-0.25, -0.2) is 9.37 Å². The summed E-state index contributed by atoms with van der Waals surface area (Å²) in [5.74, 6) is 0.399. The number of halogens is 2. The minimum atomic E-state index is -0.454. The summed E-state index contributed by atoms with van der Waals surface area (Å²) < 4.78 is 14.1. The van der Waals surface area contributed by atoms with E-state index in [2.05, 4.69) is 25.6 Å². The summed E-state index contributed by atoms with van der Waals surface area (Å²) in [6, 6.07) is 9.96. The van der Waals surface area contributed by atoms with Gasteiger partial charge in [-0.2, -0.15) is 4.98 Å². The SMILES string of the molecule is CC(C)(C)Nc1nc(Nc2c(F)cccc2Cl)cc(-c2cccnc2)n1. The molecule has 2 aromatic heterocycles. The first-order valence-corrected chi connectivity index (χ1v) is 8.48. The molecule has 0 saturated heterocycles. The van der Waals surface area contributed by atoms with E-state index in [1.807, 2.05) is 32.9 Å². The van der Waals surface area contributed by atoms with Crippen LogP contribution in [0.5, 0.6) is 0 Å². The molecule has 0 unspecified atom stereocenters. The van der Waals surface area contributed by atoms with Crippen molar-refractivity contribution in [3.8, 4) is 11.3 Å². The maximum absolute atomic E-state index is 14.1. The Morgan fingerprint density at radius 1 is 1.08 bits per heavy atom. The zero-order valence-corrected chi connectivity index (χ0v) is 15.5. The number of nitrogens with one attached hydrogen (secondary N) is 2. The lowest BCUT2D eigenvalue weighted by Gasteiger charge is -2.21. The summed E-state index contributed by atoms with van der Waals surface area (Å²) in [6.07, 6.45) is 3.40. The fourth-order valence-electron chi connectivity index (χ4n) is 2.31. The van der Waals surface area contributed by atoms with Gasteiger partial charge in [-0.3, -0.25) is 4.98 Å². The molecule has 0 atom stereocenters. The normalized spacial score (nSPS) is 11.3. The fraction of sp³-hybridized carbons (Fsp3) is 0.211. The van der Waals surface area contributed by atoms with Gasteiger partial charge in [0, 0.05) is 29.6 Å². The number of hydrogen-bond acceptors (Lipinski definition) is 5. The molecule has 5 nitrogen and oxygen atoms in total. The van der Waals surface area contributed by atoms with Gasteiger partial charge < -0.3 is 10.6 Å². The van der Waals surface area contributed by atoms with Gasteiger partial charge in [0.05, 0.1) is 16.4 Å². The molecule has 3 aromatic rings. The standard InChI is InChI=1S/C19H19ClFN5/c1-19(2,3)26-18-23-15(12-6-5-9-22-11-12)10-16(25-18)24-17-13(20)7-4-8-14(17)21/h4-11H,1-3H3,(H2,23,24,25,26). The number of anilines is 3. The van der Waals surface area contributed by atoms with E-state index in [4.69, 9.17) is 11.6 Å². The summed E-state index contributed by atoms with van der Waals surface area (Å²) in [4.78, 5) is 13.1. The van der Waals surface area contributed by atoms with Crippen molar-refractivity contribution in [2.24, 2.45) is 0 Å². The highest BCUT2D eigenvalue weighted by Crippen LogP contribution is 2.29. The Hall–Kier alpha value is -2.73. The molecule has 0 bridgehead atoms. The van der Waals surface area contributed by atoms with Crippen LogP contribution in [-0.2, 0) is 0 Å². The number of benzene rings is 1. The highest BCUT2D eigenvalue weighted by Gasteiger charge is 2.15. The Labute approximate surface area is 156 Å². The van der Waals surface area contributed by atoms with E-state index in [0.29, 0.717) is 17.5 Å². The molecule has 1 aromatic carbocycles. The van der Waals surface area contributed by atoms with Gasteiger partial charge in [-0.15, -0.1) is 0 Å². The monoisotopic (exact) mass is 371 g/mol. The molecule has 7 heteroatoms. The lowest BCUT2D eigenvalue weighted by molar-refractivity contribution is 0.625. The second kappa shape index (κ2) is 7.25. The predicted molar refractivity (Wildman–Crippen MR) is 103 cm³/mol. The molecule has 0 amide bonds. The molecule has 2 N–H and O–H groups in total. The van der Waals surface area contributed by atoms with Gasteiger partial charge in [0.25, 0.3) is 0 Å². The molecule has 0 aliphatic heterocycles. The van der Waals surface area contributed by atoms with Crippen molar-refractivity contribution in [1.82, 2.24) is 15.0 Å². The molecule has 0 aliphatic carbocycles. The van der Waals surface area contributed by atoms with Crippen molar-refractivity contribution in [2.45, 2.75) is 26.3 Å². The molecular weight excluding hydrogens is 353 g/mol. The van der Waals surface area contributed by atoms with Crippen molar-refractivity contribution >= 4 is 29.1 Å². The van der Waals surface area contributed by atoms with E-state index in [-0.39, 0.29) is 16.2 Å². The highest BCUT2D eigenvalue weighted by atomic mass is 35.5. The summed E-state index contributed by atoms with van der Waals surface area (Å²) in [5, 5.41) is 6.47. The zero-order valence-electron chi connectivity index (χ0n) is 14.7. The van der Waals surface area contributed by atoms with Gasteiger partial charge in [-0.05, 0) is 45.0 Å². The van der Waals surface area contributed by atoms with Gasteiger partial charge in [0.1, 0.15) is 11.6 Å². The van der Waals surface area contributed by atoms with Crippen LogP contribution >= 0.6 is 11.6 Å². The van der Waals surface area contributed by atoms with Gasteiger partial charge in [0.2, 0.25) is 5.95 Å². The molecule has 0 radical (unpaired) electrons. The highest BCUT2D eigenvalue weighted by molar-refractivity contribution is 6.33. The van der Waals surface area contributed by atoms with Crippen molar-refractivity contribution in [3.05, 3.63) is 59.6 Å². The number of aromatic nitrogens is 3. The van der Waals surface area contributed by atoms with Crippen LogP contribution in [0, 0.1) is 5.82 Å². The van der Waals surface area contributed by atoms with Crippen molar-refractivity contribution in [3.63, 3.8) is 0 Å². The molecule has 3 rings (SSSR count). The van der Waals surface area contributed by atoms with Crippen LogP contribution in [0.25, 0.3) is 11.3 Å². The van der Waals surface area contributed by atoms with Gasteiger partial charge in [0.15, 0.2) is 0 Å². The summed E-state index contributed by atoms with van der Waals surface area (Å²) in [5.41, 5.74) is 1.43. The minimum absolute atomic E-state index is 0.173. The quantitative estimate of drug-likeness (QED) is 0.652. The minimum Gasteiger partial charge on any atom is -0.350 e. The Morgan fingerprint density at radius 2 is 1.88 bits per heavy atom. The van der Waals surface area contributed by atoms with Crippen LogP contribution in [0.15, 0.2) is 48.8 Å². The Balaban J connectivity index is 2.05. The molecule has 134 valence electrons. The molecular formula is C19H19ClFN5. The second-order valence-corrected chi connectivity index (χ2v) is 7.21. The van der Waals surface area contributed by atoms with Crippen molar-refractivity contribution < 1.29 is 4.39 Å². The Morgan fingerprint density at radius 3 is 2.54 bits per heavy atom. The summed E-state index contributed by atoms with van der Waals surface area (Å²) >= 11 is 6.11. The van der Waals surface area contributed by atoms with E-state index < -0.39 is 5.82 Å². The third-order valence-corrected chi connectivity index (χ3v) is 3.70. The first-order valence-electron chi connectivity index (χ1n) is 8.10. The van der Waals surface area contributed by atoms with E-state index in [9.17, 15) is 4.39 Å². The third kappa shape index (κ3) is 4.46. The van der Waals surface area contributed by atoms with E-state index in [1.165, 1.54) is 6.07 Å². The third-order valence-electron chi connectivity index (χ3n) is 3.39. The average molecular weight is 372 g/mol. The molecule has 2 heterocycles. The fourth-order valence-corrected chi connectivity index (χ4v) is 2.52. The number of para-hydroxylation sites is 1. The van der Waals surface area contributed by atoms with Crippen LogP contribution in [0.4, 0.5) is 21.8 Å². The van der Waals surface area contributed by atoms with Crippen molar-refractivity contribution in [2.75, 3.05) is 10.6 Å². The van der Waals surface area contributed by atoms with Gasteiger partial charge >= 0.3 is 0 Å². The molecule has 26 heavy (non-hydrogen) atoms. The summed E-state index contributed by atoms with van der Waals surface area (Å²) in [7, 11) is 0. The number of hydrogen-bond donors (Lipinski definition) is 2. The average Bonchev–Trinajstić information content (AvgIpc) is 2.57. The Kier molecular flexibility index (Phi) is 5.04. The first-order chi connectivity index (χ1) is 12.3. The van der Waals surface area contributed by atoms with Crippen LogP contribution in [0.2, 0.25) is 5.02 Å². The van der Waals surface area contributed by atoms with Crippen molar-refractivity contribution in [1.29, 1.82) is 0 Å². The first kappa shape index (κ1) is 18.1. The number of rotatable bonds is 4. The van der Waals surface area contributed by atoms with Crippen LogP contribution < -0.4 is 10.6 Å². The van der Waals surface area contributed by atoms with Crippen LogP contribution in [0.3, 0.4) is 0 Å². The Bertz CT molecular complexity index is 889. The topological polar surface area (TPSA) is 62.7 Å². The van der Waals surface area contributed by atoms with Crippen LogP contribution in [-0.4, -0.2) is 20.5 Å². The largest absolute Gasteiger partial charge is 0.350 e. The molecule has 0 fully saturated rings. The van der Waals surface area contributed by atoms with E-state index in [0.717, 1.165) is 5.56 Å². The maximum Gasteiger partial charge on any atom is 0.225 e. The lowest BCUT2D eigenvalue weighted by atomic mass is 10.1. The molecule has 0 spiro atoms. The second-order valence-electron chi connectivity index (χ2n) is 6.80. The van der Waals surface area contributed by atoms with Gasteiger partial charge in [-0.1, -0.05) is 17.7 Å². The lowest BCUT2D eigenvalue weighted by Crippen LogP contribution is -2.27.